The van der Waals surface area contributed by atoms with Crippen molar-refractivity contribution >= 4 is 5.78 Å². The summed E-state index contributed by atoms with van der Waals surface area (Å²) in [4.78, 5) is 13.3. The van der Waals surface area contributed by atoms with Gasteiger partial charge in [0.1, 0.15) is 0 Å². The highest BCUT2D eigenvalue weighted by Gasteiger charge is 2.10. The molecule has 0 aromatic carbocycles. The maximum atomic E-state index is 10.5. The van der Waals surface area contributed by atoms with Gasteiger partial charge in [0.25, 0.3) is 0 Å². The van der Waals surface area contributed by atoms with Crippen LogP contribution in [0.2, 0.25) is 0 Å². The Kier molecular flexibility index (Phi) is 1.30. The average molecular weight is 126 g/mol. The minimum Gasteiger partial charge on any atom is -0.288 e. The van der Waals surface area contributed by atoms with Crippen molar-refractivity contribution in [1.82, 2.24) is 10.2 Å². The SMILES string of the molecule is CC(=O)c1n[nH]c(C)[nH+]1. The van der Waals surface area contributed by atoms with Gasteiger partial charge in [-0.1, -0.05) is 0 Å². The predicted molar refractivity (Wildman–Crippen MR) is 29.9 cm³/mol. The van der Waals surface area contributed by atoms with Gasteiger partial charge in [-0.15, -0.1) is 5.10 Å². The zero-order valence-corrected chi connectivity index (χ0v) is 5.36. The van der Waals surface area contributed by atoms with Gasteiger partial charge in [-0.2, -0.15) is 0 Å². The molecular weight excluding hydrogens is 118 g/mol. The number of carbonyl (C=O) groups is 1. The molecule has 0 aliphatic heterocycles. The molecule has 0 bridgehead atoms. The predicted octanol–water partition coefficient (Wildman–Crippen LogP) is -0.265. The number of aromatic nitrogens is 3. The number of aromatic amines is 2. The van der Waals surface area contributed by atoms with Crippen LogP contribution in [0.1, 0.15) is 23.4 Å². The van der Waals surface area contributed by atoms with E-state index < -0.39 is 0 Å². The fourth-order valence-electron chi connectivity index (χ4n) is 0.540. The first-order chi connectivity index (χ1) is 4.20. The number of H-pyrrole nitrogens is 2. The molecule has 0 fully saturated rings. The van der Waals surface area contributed by atoms with E-state index in [4.69, 9.17) is 0 Å². The summed E-state index contributed by atoms with van der Waals surface area (Å²) in [5.74, 6) is 1.12. The fraction of sp³-hybridized carbons (Fsp3) is 0.400. The summed E-state index contributed by atoms with van der Waals surface area (Å²) in [7, 11) is 0. The van der Waals surface area contributed by atoms with Crippen LogP contribution in [0.3, 0.4) is 0 Å². The Balaban J connectivity index is 2.98. The van der Waals surface area contributed by atoms with Crippen molar-refractivity contribution in [2.45, 2.75) is 13.8 Å². The van der Waals surface area contributed by atoms with Gasteiger partial charge in [0.2, 0.25) is 11.6 Å². The van der Waals surface area contributed by atoms with Crippen molar-refractivity contribution in [3.63, 3.8) is 0 Å². The summed E-state index contributed by atoms with van der Waals surface area (Å²) in [5, 5.41) is 6.31. The van der Waals surface area contributed by atoms with Crippen LogP contribution in [0.5, 0.6) is 0 Å². The van der Waals surface area contributed by atoms with Crippen LogP contribution in [0, 0.1) is 6.92 Å². The molecule has 0 unspecified atom stereocenters. The summed E-state index contributed by atoms with van der Waals surface area (Å²) in [6.07, 6.45) is 0. The third-order valence-electron chi connectivity index (χ3n) is 0.975. The van der Waals surface area contributed by atoms with Gasteiger partial charge < -0.3 is 0 Å². The van der Waals surface area contributed by atoms with Crippen molar-refractivity contribution in [2.24, 2.45) is 0 Å². The number of ketones is 1. The van der Waals surface area contributed by atoms with Crippen LogP contribution in [0.4, 0.5) is 0 Å². The summed E-state index contributed by atoms with van der Waals surface area (Å²) in [5.41, 5.74) is 0. The van der Waals surface area contributed by atoms with Gasteiger partial charge in [-0.25, -0.2) is 4.98 Å². The lowest BCUT2D eigenvalue weighted by Gasteiger charge is -1.71. The Labute approximate surface area is 52.3 Å². The van der Waals surface area contributed by atoms with E-state index in [1.807, 2.05) is 0 Å². The number of nitrogens with one attached hydrogen (secondary N) is 2. The summed E-state index contributed by atoms with van der Waals surface area (Å²) in [6.45, 7) is 3.27. The van der Waals surface area contributed by atoms with Crippen LogP contribution >= 0.6 is 0 Å². The molecule has 0 aliphatic rings. The van der Waals surface area contributed by atoms with Crippen molar-refractivity contribution in [3.8, 4) is 0 Å². The maximum Gasteiger partial charge on any atom is 0.342 e. The molecule has 0 atom stereocenters. The smallest absolute Gasteiger partial charge is 0.288 e. The minimum absolute atomic E-state index is 0.0562. The van der Waals surface area contributed by atoms with E-state index in [0.29, 0.717) is 5.82 Å². The third kappa shape index (κ3) is 1.13. The first kappa shape index (κ1) is 5.94. The summed E-state index contributed by atoms with van der Waals surface area (Å²) < 4.78 is 0. The average Bonchev–Trinajstić information content (AvgIpc) is 2.14. The molecule has 48 valence electrons. The molecule has 1 aromatic rings. The van der Waals surface area contributed by atoms with Gasteiger partial charge >= 0.3 is 5.82 Å². The first-order valence-electron chi connectivity index (χ1n) is 2.65. The highest BCUT2D eigenvalue weighted by molar-refractivity contribution is 5.88. The van der Waals surface area contributed by atoms with Crippen molar-refractivity contribution in [2.75, 3.05) is 0 Å². The molecule has 0 spiro atoms. The lowest BCUT2D eigenvalue weighted by atomic mass is 10.4. The molecule has 0 radical (unpaired) electrons. The van der Waals surface area contributed by atoms with E-state index in [9.17, 15) is 4.79 Å². The molecule has 0 amide bonds. The number of carbonyl (C=O) groups excluding carboxylic acids is 1. The number of Topliss-reactive ketones (excluding diaryl/α,β-unsaturated/α-hetero) is 1. The standard InChI is InChI=1S/C5H7N3O/c1-3(9)5-6-4(2)7-8-5/h1-2H3,(H,6,7,8)/p+1. The quantitative estimate of drug-likeness (QED) is 0.527. The Bertz CT molecular complexity index is 228. The number of nitrogens with zero attached hydrogens (tertiary/aromatic N) is 1. The number of hydrogen-bond donors (Lipinski definition) is 1. The van der Waals surface area contributed by atoms with Crippen molar-refractivity contribution < 1.29 is 9.78 Å². The topological polar surface area (TPSA) is 59.9 Å². The van der Waals surface area contributed by atoms with Gasteiger partial charge in [0, 0.05) is 18.9 Å². The van der Waals surface area contributed by atoms with Gasteiger partial charge in [0.15, 0.2) is 0 Å². The highest BCUT2D eigenvalue weighted by Crippen LogP contribution is 1.82. The normalized spacial score (nSPS) is 9.56. The molecule has 0 saturated heterocycles. The second-order valence-corrected chi connectivity index (χ2v) is 1.88. The highest BCUT2D eigenvalue weighted by atomic mass is 16.1. The fourth-order valence-corrected chi connectivity index (χ4v) is 0.540. The molecular formula is C5H8N3O+. The van der Waals surface area contributed by atoms with E-state index in [0.717, 1.165) is 5.82 Å². The minimum atomic E-state index is -0.0562. The van der Waals surface area contributed by atoms with E-state index in [-0.39, 0.29) is 5.78 Å². The largest absolute Gasteiger partial charge is 0.342 e. The van der Waals surface area contributed by atoms with E-state index >= 15 is 0 Å². The molecule has 1 heterocycles. The molecule has 1 rings (SSSR count). The van der Waals surface area contributed by atoms with E-state index in [1.54, 1.807) is 6.92 Å². The van der Waals surface area contributed by atoms with E-state index in [1.165, 1.54) is 6.92 Å². The van der Waals surface area contributed by atoms with Gasteiger partial charge in [-0.3, -0.25) is 4.79 Å². The molecule has 4 nitrogen and oxygen atoms in total. The molecule has 4 heteroatoms. The third-order valence-corrected chi connectivity index (χ3v) is 0.975. The Morgan fingerprint density at radius 3 is 2.67 bits per heavy atom. The monoisotopic (exact) mass is 126 g/mol. The molecule has 0 aliphatic carbocycles. The zero-order valence-electron chi connectivity index (χ0n) is 5.36. The number of hydrogen-bond acceptors (Lipinski definition) is 2. The maximum absolute atomic E-state index is 10.5. The van der Waals surface area contributed by atoms with Gasteiger partial charge in [0.05, 0.1) is 0 Å². The van der Waals surface area contributed by atoms with Crippen LogP contribution in [-0.4, -0.2) is 16.0 Å². The Morgan fingerprint density at radius 2 is 2.44 bits per heavy atom. The second-order valence-electron chi connectivity index (χ2n) is 1.88. The lowest BCUT2D eigenvalue weighted by Crippen LogP contribution is -2.13. The Morgan fingerprint density at radius 1 is 1.78 bits per heavy atom. The number of aryl methyl sites for hydroxylation is 1. The molecule has 0 saturated carbocycles. The lowest BCUT2D eigenvalue weighted by molar-refractivity contribution is -0.391. The molecule has 1 aromatic heterocycles. The van der Waals surface area contributed by atoms with Gasteiger partial charge in [-0.05, 0) is 0 Å². The first-order valence-corrected chi connectivity index (χ1v) is 2.65. The van der Waals surface area contributed by atoms with Crippen molar-refractivity contribution in [3.05, 3.63) is 11.6 Å². The molecule has 9 heavy (non-hydrogen) atoms. The van der Waals surface area contributed by atoms with Crippen LogP contribution in [-0.2, 0) is 0 Å². The molecule has 2 N–H and O–H groups in total. The zero-order chi connectivity index (χ0) is 6.85. The Hall–Kier alpha value is -1.19. The van der Waals surface area contributed by atoms with E-state index in [2.05, 4.69) is 15.2 Å². The van der Waals surface area contributed by atoms with Crippen LogP contribution in [0.15, 0.2) is 0 Å². The summed E-state index contributed by atoms with van der Waals surface area (Å²) in [6, 6.07) is 0. The van der Waals surface area contributed by atoms with Crippen LogP contribution < -0.4 is 4.98 Å². The summed E-state index contributed by atoms with van der Waals surface area (Å²) >= 11 is 0. The second kappa shape index (κ2) is 1.97. The van der Waals surface area contributed by atoms with Crippen LogP contribution in [0.25, 0.3) is 0 Å². The van der Waals surface area contributed by atoms with Crippen molar-refractivity contribution in [1.29, 1.82) is 0 Å². The number of rotatable bonds is 1.